The normalized spacial score (nSPS) is 23.9. The number of rotatable bonds is 4. The van der Waals surface area contributed by atoms with Crippen LogP contribution in [0.5, 0.6) is 0 Å². The van der Waals surface area contributed by atoms with Crippen molar-refractivity contribution in [3.63, 3.8) is 0 Å². The summed E-state index contributed by atoms with van der Waals surface area (Å²) < 4.78 is 13.9. The Bertz CT molecular complexity index is 402. The quantitative estimate of drug-likeness (QED) is 0.860. The second kappa shape index (κ2) is 5.61. The molecule has 0 saturated carbocycles. The molecule has 0 radical (unpaired) electrons. The summed E-state index contributed by atoms with van der Waals surface area (Å²) in [7, 11) is 0. The summed E-state index contributed by atoms with van der Waals surface area (Å²) in [6.45, 7) is 6.88. The van der Waals surface area contributed by atoms with Crippen LogP contribution < -0.4 is 10.6 Å². The number of hydrogen-bond acceptors (Lipinski definition) is 4. The summed E-state index contributed by atoms with van der Waals surface area (Å²) in [4.78, 5) is 7.92. The van der Waals surface area contributed by atoms with E-state index >= 15 is 0 Å². The minimum absolute atomic E-state index is 0.169. The van der Waals surface area contributed by atoms with E-state index in [9.17, 15) is 4.39 Å². The fourth-order valence-electron chi connectivity index (χ4n) is 2.34. The number of aromatic nitrogens is 2. The summed E-state index contributed by atoms with van der Waals surface area (Å²) >= 11 is 0. The Labute approximate surface area is 107 Å². The lowest BCUT2D eigenvalue weighted by Gasteiger charge is -2.34. The number of hydrogen-bond donors (Lipinski definition) is 2. The zero-order valence-electron chi connectivity index (χ0n) is 11.1. The molecule has 2 N–H and O–H groups in total. The Morgan fingerprint density at radius 1 is 1.50 bits per heavy atom. The lowest BCUT2D eigenvalue weighted by Crippen LogP contribution is -2.42. The molecule has 5 heteroatoms. The van der Waals surface area contributed by atoms with Crippen molar-refractivity contribution >= 4 is 5.82 Å². The van der Waals surface area contributed by atoms with Crippen LogP contribution >= 0.6 is 0 Å². The maximum absolute atomic E-state index is 13.9. The van der Waals surface area contributed by atoms with Crippen molar-refractivity contribution in [1.82, 2.24) is 15.3 Å². The smallest absolute Gasteiger partial charge is 0.186 e. The van der Waals surface area contributed by atoms with Crippen LogP contribution in [0.1, 0.15) is 32.4 Å². The summed E-state index contributed by atoms with van der Waals surface area (Å²) in [6, 6.07) is 0. The molecule has 4 nitrogen and oxygen atoms in total. The van der Waals surface area contributed by atoms with Gasteiger partial charge in [-0.1, -0.05) is 13.8 Å². The molecule has 1 aliphatic heterocycles. The van der Waals surface area contributed by atoms with Crippen molar-refractivity contribution in [3.05, 3.63) is 17.8 Å². The first-order valence-corrected chi connectivity index (χ1v) is 6.58. The molecule has 1 aromatic heterocycles. The molecule has 1 atom stereocenters. The second-order valence-electron chi connectivity index (χ2n) is 5.28. The highest BCUT2D eigenvalue weighted by Crippen LogP contribution is 2.26. The van der Waals surface area contributed by atoms with Crippen molar-refractivity contribution in [3.8, 4) is 0 Å². The van der Waals surface area contributed by atoms with E-state index in [1.807, 2.05) is 6.92 Å². The predicted octanol–water partition coefficient (Wildman–Crippen LogP) is 1.98. The van der Waals surface area contributed by atoms with Crippen LogP contribution in [-0.4, -0.2) is 29.6 Å². The molecule has 1 unspecified atom stereocenters. The Morgan fingerprint density at radius 3 is 3.00 bits per heavy atom. The number of aryl methyl sites for hydroxylation is 1. The van der Waals surface area contributed by atoms with Gasteiger partial charge in [-0.25, -0.2) is 14.4 Å². The average molecular weight is 252 g/mol. The third kappa shape index (κ3) is 2.96. The Hall–Kier alpha value is -1.23. The lowest BCUT2D eigenvalue weighted by molar-refractivity contribution is 0.253. The fourth-order valence-corrected chi connectivity index (χ4v) is 2.34. The molecule has 2 rings (SSSR count). The van der Waals surface area contributed by atoms with Crippen LogP contribution in [0, 0.1) is 11.2 Å². The molecule has 0 aromatic carbocycles. The molecule has 1 fully saturated rings. The maximum Gasteiger partial charge on any atom is 0.186 e. The highest BCUT2D eigenvalue weighted by molar-refractivity contribution is 5.37. The summed E-state index contributed by atoms with van der Waals surface area (Å²) in [6.07, 6.45) is 4.33. The summed E-state index contributed by atoms with van der Waals surface area (Å²) in [5, 5.41) is 6.51. The van der Waals surface area contributed by atoms with Crippen molar-refractivity contribution in [2.24, 2.45) is 5.41 Å². The number of piperidine rings is 1. The van der Waals surface area contributed by atoms with Crippen molar-refractivity contribution in [2.45, 2.75) is 33.1 Å². The monoisotopic (exact) mass is 252 g/mol. The van der Waals surface area contributed by atoms with Crippen molar-refractivity contribution in [2.75, 3.05) is 25.0 Å². The zero-order chi connectivity index (χ0) is 13.0. The van der Waals surface area contributed by atoms with Gasteiger partial charge < -0.3 is 10.6 Å². The van der Waals surface area contributed by atoms with Crippen LogP contribution in [0.4, 0.5) is 10.2 Å². The van der Waals surface area contributed by atoms with Gasteiger partial charge in [0.15, 0.2) is 11.6 Å². The number of nitrogens with zero attached hydrogens (tertiary/aromatic N) is 2. The van der Waals surface area contributed by atoms with Crippen LogP contribution in [0.15, 0.2) is 6.33 Å². The van der Waals surface area contributed by atoms with Gasteiger partial charge in [-0.15, -0.1) is 0 Å². The third-order valence-electron chi connectivity index (χ3n) is 3.56. The number of halogens is 1. The first-order valence-electron chi connectivity index (χ1n) is 6.58. The Morgan fingerprint density at radius 2 is 2.33 bits per heavy atom. The zero-order valence-corrected chi connectivity index (χ0v) is 11.1. The molecule has 0 aliphatic carbocycles. The molecule has 0 spiro atoms. The van der Waals surface area contributed by atoms with E-state index in [-0.39, 0.29) is 11.2 Å². The minimum atomic E-state index is -0.313. The first-order chi connectivity index (χ1) is 8.64. The molecule has 100 valence electrons. The van der Waals surface area contributed by atoms with E-state index in [0.29, 0.717) is 17.9 Å². The van der Waals surface area contributed by atoms with Crippen molar-refractivity contribution in [1.29, 1.82) is 0 Å². The maximum atomic E-state index is 13.9. The van der Waals surface area contributed by atoms with E-state index in [1.165, 1.54) is 12.7 Å². The molecule has 0 bridgehead atoms. The Balaban J connectivity index is 2.01. The van der Waals surface area contributed by atoms with Gasteiger partial charge in [-0.05, 0) is 31.2 Å². The van der Waals surface area contributed by atoms with E-state index in [0.717, 1.165) is 26.1 Å². The van der Waals surface area contributed by atoms with Gasteiger partial charge >= 0.3 is 0 Å². The third-order valence-corrected chi connectivity index (χ3v) is 3.56. The first kappa shape index (κ1) is 13.2. The fraction of sp³-hybridized carbons (Fsp3) is 0.692. The lowest BCUT2D eigenvalue weighted by atomic mass is 9.83. The predicted molar refractivity (Wildman–Crippen MR) is 70.1 cm³/mol. The van der Waals surface area contributed by atoms with Gasteiger partial charge in [0, 0.05) is 13.1 Å². The van der Waals surface area contributed by atoms with Crippen LogP contribution in [0.25, 0.3) is 0 Å². The summed E-state index contributed by atoms with van der Waals surface area (Å²) in [5.74, 6) is 0.0148. The Kier molecular flexibility index (Phi) is 4.11. The molecule has 1 aliphatic rings. The largest absolute Gasteiger partial charge is 0.367 e. The van der Waals surface area contributed by atoms with E-state index in [4.69, 9.17) is 0 Å². The van der Waals surface area contributed by atoms with Gasteiger partial charge in [-0.3, -0.25) is 0 Å². The van der Waals surface area contributed by atoms with Gasteiger partial charge in [-0.2, -0.15) is 0 Å². The van der Waals surface area contributed by atoms with Crippen LogP contribution in [0.3, 0.4) is 0 Å². The molecule has 1 aromatic rings. The highest BCUT2D eigenvalue weighted by Gasteiger charge is 2.27. The SMILES string of the molecule is CCc1ncnc(NCC2(C)CCCNC2)c1F. The molecule has 0 amide bonds. The van der Waals surface area contributed by atoms with Crippen LogP contribution in [-0.2, 0) is 6.42 Å². The van der Waals surface area contributed by atoms with Crippen LogP contribution in [0.2, 0.25) is 0 Å². The molecule has 2 heterocycles. The van der Waals surface area contributed by atoms with Gasteiger partial charge in [0.25, 0.3) is 0 Å². The van der Waals surface area contributed by atoms with E-state index < -0.39 is 0 Å². The second-order valence-corrected chi connectivity index (χ2v) is 5.28. The number of anilines is 1. The highest BCUT2D eigenvalue weighted by atomic mass is 19.1. The number of nitrogens with one attached hydrogen (secondary N) is 2. The van der Waals surface area contributed by atoms with Gasteiger partial charge in [0.2, 0.25) is 0 Å². The molecular weight excluding hydrogens is 231 g/mol. The summed E-state index contributed by atoms with van der Waals surface area (Å²) in [5.41, 5.74) is 0.640. The molecular formula is C13H21FN4. The van der Waals surface area contributed by atoms with Crippen molar-refractivity contribution < 1.29 is 4.39 Å². The average Bonchev–Trinajstić information content (AvgIpc) is 2.38. The van der Waals surface area contributed by atoms with E-state index in [1.54, 1.807) is 0 Å². The van der Waals surface area contributed by atoms with E-state index in [2.05, 4.69) is 27.5 Å². The standard InChI is InChI=1S/C13H21FN4/c1-3-10-11(14)12(18-9-17-10)16-8-13(2)5-4-6-15-7-13/h9,15H,3-8H2,1-2H3,(H,16,17,18). The molecule has 1 saturated heterocycles. The topological polar surface area (TPSA) is 49.8 Å². The van der Waals surface area contributed by atoms with Gasteiger partial charge in [0.1, 0.15) is 6.33 Å². The molecule has 18 heavy (non-hydrogen) atoms. The minimum Gasteiger partial charge on any atom is -0.367 e. The van der Waals surface area contributed by atoms with Gasteiger partial charge in [0.05, 0.1) is 5.69 Å².